The predicted molar refractivity (Wildman–Crippen MR) is 370 cm³/mol. The fraction of sp³-hybridized carbons (Fsp3) is 0.141. The number of hydrogen-bond acceptors (Lipinski definition) is 3. The molecule has 0 bridgehead atoms. The molecule has 3 aromatic heterocycles. The second-order valence-corrected chi connectivity index (χ2v) is 27.7. The summed E-state index contributed by atoms with van der Waals surface area (Å²) < 4.78 is 26.3. The molecule has 0 atom stereocenters. The number of rotatable bonds is 0. The van der Waals surface area contributed by atoms with Crippen molar-refractivity contribution in [3.05, 3.63) is 264 Å². The second kappa shape index (κ2) is 17.8. The zero-order valence-electron chi connectivity index (χ0n) is 51.6. The fourth-order valence-electron chi connectivity index (χ4n) is 17.4. The molecule has 0 saturated heterocycles. The van der Waals surface area contributed by atoms with Crippen LogP contribution in [0.25, 0.3) is 142 Å². The lowest BCUT2D eigenvalue weighted by molar-refractivity contribution is -0.693. The van der Waals surface area contributed by atoms with Crippen molar-refractivity contribution in [2.75, 3.05) is 0 Å². The maximum absolute atomic E-state index is 6.46. The Labute approximate surface area is 526 Å². The van der Waals surface area contributed by atoms with E-state index in [-0.39, 0.29) is 16.2 Å². The van der Waals surface area contributed by atoms with Crippen molar-refractivity contribution in [2.24, 2.45) is 0 Å². The van der Waals surface area contributed by atoms with E-state index in [0.29, 0.717) is 20.2 Å². The molecule has 0 unspecified atom stereocenters. The third kappa shape index (κ3) is 6.89. The minimum absolute atomic E-state index is 0.0825. The van der Waals surface area contributed by atoms with Crippen molar-refractivity contribution in [1.82, 2.24) is 0 Å². The number of pyridine rings is 3. The van der Waals surface area contributed by atoms with Crippen molar-refractivity contribution >= 4 is 108 Å². The number of para-hydroxylation sites is 2. The van der Waals surface area contributed by atoms with Crippen LogP contribution in [-0.4, -0.2) is 0 Å². The quantitative estimate of drug-likeness (QED) is 0.112. The summed E-state index contributed by atoms with van der Waals surface area (Å²) in [7, 11) is 0. The lowest BCUT2D eigenvalue weighted by Gasteiger charge is -2.22. The van der Waals surface area contributed by atoms with Crippen molar-refractivity contribution in [3.63, 3.8) is 0 Å². The summed E-state index contributed by atoms with van der Waals surface area (Å²) in [5, 5.41) is 21.8. The lowest BCUT2D eigenvalue weighted by atomic mass is 9.79. The van der Waals surface area contributed by atoms with Crippen LogP contribution in [0.5, 0.6) is 17.2 Å². The summed E-state index contributed by atoms with van der Waals surface area (Å²) in [6.45, 7) is 15.9. The normalized spacial score (nSPS) is 15.5. The Balaban J connectivity index is 0.0000000953. The second-order valence-electron chi connectivity index (χ2n) is 27.7. The standard InChI is InChI=1S/C31H22NO.2C27H20NO/c1-31(2)25-14-23-12-19-8-4-6-10-21(19)15-26(23)32-17-33-27-16-22-11-18-7-3-5-9-20(18)13-24(22)29(31)28(27)30(25)32;2*1-27(2)21-13-18-9-5-6-10-22(18)28-15-29-23-14-19-11-16-7-3-4-8-17(16)12-20(19)25(27)24(23)26(21)28/h3-16H,17H2,1-2H3;2*3-14H,15H2,1-2H3/q3*+1. The van der Waals surface area contributed by atoms with Gasteiger partial charge in [0.05, 0.1) is 16.7 Å². The van der Waals surface area contributed by atoms with Crippen LogP contribution in [0.2, 0.25) is 0 Å². The van der Waals surface area contributed by atoms with Crippen LogP contribution < -0.4 is 27.9 Å². The van der Waals surface area contributed by atoms with Crippen LogP contribution in [-0.2, 0) is 36.4 Å². The third-order valence-electron chi connectivity index (χ3n) is 21.7. The maximum Gasteiger partial charge on any atom is 0.293 e. The summed E-state index contributed by atoms with van der Waals surface area (Å²) in [6.07, 6.45) is 0. The number of aromatic nitrogens is 3. The number of ether oxygens (including phenoxy) is 3. The number of benzene rings is 13. The van der Waals surface area contributed by atoms with Gasteiger partial charge in [-0.1, -0.05) is 163 Å². The van der Waals surface area contributed by atoms with Gasteiger partial charge in [0.15, 0.2) is 0 Å². The molecule has 6 nitrogen and oxygen atoms in total. The molecule has 16 aromatic rings. The van der Waals surface area contributed by atoms with Crippen molar-refractivity contribution in [2.45, 2.75) is 78.0 Å². The van der Waals surface area contributed by atoms with E-state index in [4.69, 9.17) is 14.2 Å². The SMILES string of the molecule is CC1(C)c2cc3cc4ccccc4cc3[n+]3c2-c2c(cc4cc5ccccc5cc4c21)OC3.CC1(C)c2cc3ccccc3[n+]3c2-c2c(cc4cc5ccccc5cc4c21)OC3.CC1(C)c2cc3ccccc3[n+]3c2-c2c(cc4cc5ccccc5cc4c21)OC3. The van der Waals surface area contributed by atoms with Gasteiger partial charge in [0.1, 0.15) is 17.2 Å². The first-order chi connectivity index (χ1) is 44.3. The molecular weight excluding hydrogens is 1110 g/mol. The first-order valence-electron chi connectivity index (χ1n) is 32.1. The van der Waals surface area contributed by atoms with E-state index in [2.05, 4.69) is 286 Å². The lowest BCUT2D eigenvalue weighted by Crippen LogP contribution is -2.42. The van der Waals surface area contributed by atoms with Crippen molar-refractivity contribution in [3.8, 4) is 51.0 Å². The van der Waals surface area contributed by atoms with Gasteiger partial charge in [0.2, 0.25) is 33.6 Å². The Kier molecular flexibility index (Phi) is 10.0. The van der Waals surface area contributed by atoms with Gasteiger partial charge in [0, 0.05) is 67.3 Å². The molecule has 0 N–H and O–H groups in total. The largest absolute Gasteiger partial charge is 0.435 e. The van der Waals surface area contributed by atoms with Crippen LogP contribution in [0.3, 0.4) is 0 Å². The van der Waals surface area contributed by atoms with E-state index in [1.165, 1.54) is 175 Å². The van der Waals surface area contributed by atoms with E-state index in [1.807, 2.05) is 0 Å². The highest BCUT2D eigenvalue weighted by Crippen LogP contribution is 2.59. The predicted octanol–water partition coefficient (Wildman–Crippen LogP) is 19.4. The molecule has 3 aliphatic heterocycles. The summed E-state index contributed by atoms with van der Waals surface area (Å²) in [6, 6.07) is 84.4. The molecule has 432 valence electrons. The molecule has 6 heterocycles. The van der Waals surface area contributed by atoms with E-state index in [0.717, 1.165) is 17.2 Å². The van der Waals surface area contributed by atoms with Gasteiger partial charge in [-0.3, -0.25) is 0 Å². The Morgan fingerprint density at radius 3 is 0.857 bits per heavy atom. The number of fused-ring (bicyclic) bond motifs is 16. The zero-order chi connectivity index (χ0) is 60.6. The van der Waals surface area contributed by atoms with E-state index in [9.17, 15) is 0 Å². The Hall–Kier alpha value is -10.7. The summed E-state index contributed by atoms with van der Waals surface area (Å²) in [4.78, 5) is 0. The van der Waals surface area contributed by atoms with E-state index in [1.54, 1.807) is 0 Å². The highest BCUT2D eigenvalue weighted by molar-refractivity contribution is 6.10. The number of hydrogen-bond donors (Lipinski definition) is 0. The summed E-state index contributed by atoms with van der Waals surface area (Å²) in [5.41, 5.74) is 19.6. The Morgan fingerprint density at radius 2 is 0.516 bits per heavy atom. The molecule has 6 aliphatic rings. The van der Waals surface area contributed by atoms with Crippen LogP contribution in [0.4, 0.5) is 0 Å². The highest BCUT2D eigenvalue weighted by atomic mass is 16.5. The average Bonchev–Trinajstić information content (AvgIpc) is 1.56. The van der Waals surface area contributed by atoms with Crippen molar-refractivity contribution < 1.29 is 27.9 Å². The van der Waals surface area contributed by atoms with Gasteiger partial charge in [-0.25, -0.2) is 0 Å². The Morgan fingerprint density at radius 1 is 0.253 bits per heavy atom. The van der Waals surface area contributed by atoms with Gasteiger partial charge in [0.25, 0.3) is 20.2 Å². The van der Waals surface area contributed by atoms with Crippen LogP contribution in [0.1, 0.15) is 74.9 Å². The number of nitrogens with zero attached hydrogens (tertiary/aromatic N) is 3. The van der Waals surface area contributed by atoms with Gasteiger partial charge in [-0.15, -0.1) is 0 Å². The topological polar surface area (TPSA) is 39.3 Å². The molecule has 0 amide bonds. The van der Waals surface area contributed by atoms with Crippen LogP contribution in [0, 0.1) is 0 Å². The molecule has 0 spiro atoms. The molecular formula is C85H62N3O3+3. The van der Waals surface area contributed by atoms with Gasteiger partial charge in [-0.05, 0) is 183 Å². The average molecular weight is 1170 g/mol. The van der Waals surface area contributed by atoms with Crippen molar-refractivity contribution in [1.29, 1.82) is 0 Å². The smallest absolute Gasteiger partial charge is 0.293 e. The van der Waals surface area contributed by atoms with Gasteiger partial charge in [-0.2, -0.15) is 13.7 Å². The molecule has 13 aromatic carbocycles. The zero-order valence-corrected chi connectivity index (χ0v) is 51.6. The Bertz CT molecular complexity index is 5840. The molecule has 22 rings (SSSR count). The molecule has 6 heteroatoms. The first-order valence-corrected chi connectivity index (χ1v) is 32.1. The molecule has 0 radical (unpaired) electrons. The molecule has 0 saturated carbocycles. The van der Waals surface area contributed by atoms with Crippen LogP contribution >= 0.6 is 0 Å². The fourth-order valence-corrected chi connectivity index (χ4v) is 17.4. The van der Waals surface area contributed by atoms with Gasteiger partial charge < -0.3 is 14.2 Å². The molecule has 91 heavy (non-hydrogen) atoms. The maximum atomic E-state index is 6.46. The molecule has 3 aliphatic carbocycles. The van der Waals surface area contributed by atoms with Gasteiger partial charge >= 0.3 is 0 Å². The molecule has 0 fully saturated rings. The first kappa shape index (κ1) is 51.2. The summed E-state index contributed by atoms with van der Waals surface area (Å²) >= 11 is 0. The summed E-state index contributed by atoms with van der Waals surface area (Å²) in [5.74, 6) is 3.05. The van der Waals surface area contributed by atoms with E-state index >= 15 is 0 Å². The van der Waals surface area contributed by atoms with E-state index < -0.39 is 0 Å². The monoisotopic (exact) mass is 1170 g/mol. The minimum atomic E-state index is -0.114. The third-order valence-corrected chi connectivity index (χ3v) is 21.7. The highest BCUT2D eigenvalue weighted by Gasteiger charge is 2.51. The van der Waals surface area contributed by atoms with Crippen LogP contribution in [0.15, 0.2) is 231 Å². The minimum Gasteiger partial charge on any atom is -0.435 e.